The van der Waals surface area contributed by atoms with Crippen LogP contribution in [0.3, 0.4) is 0 Å². The Hall–Kier alpha value is -6.63. The number of aromatic nitrogens is 2. The van der Waals surface area contributed by atoms with Gasteiger partial charge in [-0.3, -0.25) is 0 Å². The Labute approximate surface area is 276 Å². The molecule has 0 N–H and O–H groups in total. The molecule has 3 nitrogen and oxygen atoms in total. The lowest BCUT2D eigenvalue weighted by Crippen LogP contribution is -1.94. The SMILES string of the molecule is N#Cc1ccc2ccc3ccc(-n4c5ccccc5c5cc(-c6ccc7c(c6)c6ccccc6n7-c6ccccc6)ccc54)cc3c2c1. The van der Waals surface area contributed by atoms with Crippen molar-refractivity contribution in [3.05, 3.63) is 169 Å². The molecule has 0 aliphatic rings. The second kappa shape index (κ2) is 10.2. The number of para-hydroxylation sites is 3. The molecular formula is C45H27N3. The third kappa shape index (κ3) is 3.87. The van der Waals surface area contributed by atoms with Gasteiger partial charge in [-0.05, 0) is 105 Å². The summed E-state index contributed by atoms with van der Waals surface area (Å²) in [5, 5.41) is 19.1. The van der Waals surface area contributed by atoms with Crippen LogP contribution in [0.5, 0.6) is 0 Å². The zero-order valence-electron chi connectivity index (χ0n) is 25.9. The van der Waals surface area contributed by atoms with E-state index in [1.54, 1.807) is 0 Å². The van der Waals surface area contributed by atoms with Crippen molar-refractivity contribution in [1.82, 2.24) is 9.13 Å². The highest BCUT2D eigenvalue weighted by atomic mass is 15.0. The lowest BCUT2D eigenvalue weighted by Gasteiger charge is -2.11. The average Bonchev–Trinajstić information content (AvgIpc) is 3.67. The third-order valence-electron chi connectivity index (χ3n) is 9.90. The molecule has 0 bridgehead atoms. The number of hydrogen-bond donors (Lipinski definition) is 0. The second-order valence-electron chi connectivity index (χ2n) is 12.5. The van der Waals surface area contributed by atoms with Crippen LogP contribution in [0.2, 0.25) is 0 Å². The number of nitrogens with zero attached hydrogens (tertiary/aromatic N) is 3. The Bertz CT molecular complexity index is 2950. The molecule has 0 unspecified atom stereocenters. The zero-order valence-corrected chi connectivity index (χ0v) is 25.9. The Morgan fingerprint density at radius 1 is 0.354 bits per heavy atom. The van der Waals surface area contributed by atoms with Gasteiger partial charge >= 0.3 is 0 Å². The van der Waals surface area contributed by atoms with E-state index in [9.17, 15) is 5.26 Å². The predicted molar refractivity (Wildman–Crippen MR) is 200 cm³/mol. The standard InChI is InChI=1S/C45H27N3/c46-28-29-14-15-30-16-17-31-18-21-35(27-39(31)38(30)24-29)48-43-13-7-5-11-37(43)41-26-33(20-23-45(41)48)32-19-22-44-40(25-32)36-10-4-6-12-42(36)47(44)34-8-2-1-3-9-34/h1-27H. The molecule has 0 saturated heterocycles. The van der Waals surface area contributed by atoms with Crippen LogP contribution in [-0.2, 0) is 0 Å². The molecule has 2 heterocycles. The molecule has 8 aromatic carbocycles. The fourth-order valence-electron chi connectivity index (χ4n) is 7.68. The van der Waals surface area contributed by atoms with E-state index in [1.165, 1.54) is 54.7 Å². The summed E-state index contributed by atoms with van der Waals surface area (Å²) in [6, 6.07) is 60.9. The molecule has 0 fully saturated rings. The Morgan fingerprint density at radius 3 is 1.48 bits per heavy atom. The van der Waals surface area contributed by atoms with Crippen LogP contribution in [0, 0.1) is 11.3 Å². The lowest BCUT2D eigenvalue weighted by molar-refractivity contribution is 1.18. The van der Waals surface area contributed by atoms with E-state index in [1.807, 2.05) is 18.2 Å². The molecule has 0 spiro atoms. The van der Waals surface area contributed by atoms with Crippen LogP contribution in [0.25, 0.3) is 87.7 Å². The minimum Gasteiger partial charge on any atom is -0.309 e. The molecule has 10 rings (SSSR count). The number of nitriles is 1. The van der Waals surface area contributed by atoms with Crippen LogP contribution in [-0.4, -0.2) is 9.13 Å². The molecule has 3 heteroatoms. The highest BCUT2D eigenvalue weighted by Gasteiger charge is 2.16. The summed E-state index contributed by atoms with van der Waals surface area (Å²) in [6.07, 6.45) is 0. The summed E-state index contributed by atoms with van der Waals surface area (Å²) in [5.74, 6) is 0. The molecule has 2 aromatic heterocycles. The van der Waals surface area contributed by atoms with Gasteiger partial charge in [-0.1, -0.05) is 91.0 Å². The smallest absolute Gasteiger partial charge is 0.0991 e. The summed E-state index contributed by atoms with van der Waals surface area (Å²) in [7, 11) is 0. The molecular weight excluding hydrogens is 583 g/mol. The number of rotatable bonds is 3. The van der Waals surface area contributed by atoms with Gasteiger partial charge in [-0.2, -0.15) is 5.26 Å². The Balaban J connectivity index is 1.17. The van der Waals surface area contributed by atoms with Gasteiger partial charge in [0, 0.05) is 32.9 Å². The van der Waals surface area contributed by atoms with E-state index in [2.05, 4.69) is 161 Å². The fourth-order valence-corrected chi connectivity index (χ4v) is 7.68. The summed E-state index contributed by atoms with van der Waals surface area (Å²) in [6.45, 7) is 0. The van der Waals surface area contributed by atoms with E-state index in [-0.39, 0.29) is 0 Å². The molecule has 0 aliphatic heterocycles. The van der Waals surface area contributed by atoms with Gasteiger partial charge in [0.15, 0.2) is 0 Å². The van der Waals surface area contributed by atoms with Crippen LogP contribution >= 0.6 is 0 Å². The van der Waals surface area contributed by atoms with Gasteiger partial charge in [0.2, 0.25) is 0 Å². The van der Waals surface area contributed by atoms with Crippen molar-refractivity contribution < 1.29 is 0 Å². The molecule has 0 aliphatic carbocycles. The molecule has 0 saturated carbocycles. The maximum Gasteiger partial charge on any atom is 0.0991 e. The quantitative estimate of drug-likeness (QED) is 0.183. The van der Waals surface area contributed by atoms with E-state index in [4.69, 9.17) is 0 Å². The average molecular weight is 610 g/mol. The van der Waals surface area contributed by atoms with Gasteiger partial charge in [0.25, 0.3) is 0 Å². The van der Waals surface area contributed by atoms with E-state index in [0.29, 0.717) is 5.56 Å². The summed E-state index contributed by atoms with van der Waals surface area (Å²) in [5.41, 5.74) is 10.1. The van der Waals surface area contributed by atoms with Crippen molar-refractivity contribution in [2.45, 2.75) is 0 Å². The van der Waals surface area contributed by atoms with Crippen molar-refractivity contribution >= 4 is 65.2 Å². The number of benzene rings is 8. The Kier molecular flexibility index (Phi) is 5.64. The van der Waals surface area contributed by atoms with Crippen LogP contribution < -0.4 is 0 Å². The monoisotopic (exact) mass is 609 g/mol. The van der Waals surface area contributed by atoms with Gasteiger partial charge in [0.1, 0.15) is 0 Å². The Morgan fingerprint density at radius 2 is 0.854 bits per heavy atom. The first-order valence-corrected chi connectivity index (χ1v) is 16.2. The molecule has 222 valence electrons. The number of hydrogen-bond acceptors (Lipinski definition) is 1. The highest BCUT2D eigenvalue weighted by molar-refractivity contribution is 6.13. The van der Waals surface area contributed by atoms with Crippen molar-refractivity contribution in [2.24, 2.45) is 0 Å². The first kappa shape index (κ1) is 26.6. The van der Waals surface area contributed by atoms with Gasteiger partial charge < -0.3 is 9.13 Å². The van der Waals surface area contributed by atoms with E-state index >= 15 is 0 Å². The minimum atomic E-state index is 0.674. The van der Waals surface area contributed by atoms with Gasteiger partial charge in [0.05, 0.1) is 33.7 Å². The maximum absolute atomic E-state index is 9.61. The van der Waals surface area contributed by atoms with E-state index < -0.39 is 0 Å². The molecule has 10 aromatic rings. The third-order valence-corrected chi connectivity index (χ3v) is 9.90. The van der Waals surface area contributed by atoms with Crippen molar-refractivity contribution in [3.63, 3.8) is 0 Å². The minimum absolute atomic E-state index is 0.674. The largest absolute Gasteiger partial charge is 0.309 e. The van der Waals surface area contributed by atoms with Crippen LogP contribution in [0.4, 0.5) is 0 Å². The topological polar surface area (TPSA) is 33.6 Å². The lowest BCUT2D eigenvalue weighted by atomic mass is 9.99. The maximum atomic E-state index is 9.61. The molecule has 0 radical (unpaired) electrons. The highest BCUT2D eigenvalue weighted by Crippen LogP contribution is 2.39. The zero-order chi connectivity index (χ0) is 31.8. The second-order valence-corrected chi connectivity index (χ2v) is 12.5. The van der Waals surface area contributed by atoms with Gasteiger partial charge in [-0.15, -0.1) is 0 Å². The molecule has 0 amide bonds. The first-order chi connectivity index (χ1) is 23.7. The first-order valence-electron chi connectivity index (χ1n) is 16.2. The van der Waals surface area contributed by atoms with Crippen LogP contribution in [0.1, 0.15) is 5.56 Å². The summed E-state index contributed by atoms with van der Waals surface area (Å²) in [4.78, 5) is 0. The summed E-state index contributed by atoms with van der Waals surface area (Å²) >= 11 is 0. The normalized spacial score (nSPS) is 11.7. The van der Waals surface area contributed by atoms with Crippen molar-refractivity contribution in [3.8, 4) is 28.6 Å². The molecule has 0 atom stereocenters. The fraction of sp³-hybridized carbons (Fsp3) is 0. The van der Waals surface area contributed by atoms with Crippen molar-refractivity contribution in [2.75, 3.05) is 0 Å². The van der Waals surface area contributed by atoms with Crippen molar-refractivity contribution in [1.29, 1.82) is 5.26 Å². The number of fused-ring (bicyclic) bond motifs is 9. The predicted octanol–water partition coefficient (Wildman–Crippen LogP) is 11.7. The van der Waals surface area contributed by atoms with Crippen LogP contribution in [0.15, 0.2) is 164 Å². The van der Waals surface area contributed by atoms with E-state index in [0.717, 1.165) is 32.9 Å². The van der Waals surface area contributed by atoms with Gasteiger partial charge in [-0.25, -0.2) is 0 Å². The summed E-state index contributed by atoms with van der Waals surface area (Å²) < 4.78 is 4.73. The molecule has 48 heavy (non-hydrogen) atoms.